The molecular formula is C45H72O2. The second-order valence-corrected chi connectivity index (χ2v) is 15.0. The Morgan fingerprint density at radius 2 is 0.979 bits per heavy atom. The summed E-state index contributed by atoms with van der Waals surface area (Å²) in [5, 5.41) is 11.9. The van der Waals surface area contributed by atoms with Gasteiger partial charge in [0.2, 0.25) is 5.78 Å². The molecule has 5 unspecified atom stereocenters. The van der Waals surface area contributed by atoms with Crippen molar-refractivity contribution in [1.29, 1.82) is 0 Å². The van der Waals surface area contributed by atoms with Gasteiger partial charge in [-0.3, -0.25) is 4.79 Å². The second-order valence-electron chi connectivity index (χ2n) is 15.0. The Bertz CT molecular complexity index is 1240. The normalized spacial score (nSPS) is 15.3. The summed E-state index contributed by atoms with van der Waals surface area (Å²) in [6, 6.07) is 11.4. The zero-order valence-corrected chi connectivity index (χ0v) is 32.3. The predicted octanol–water partition coefficient (Wildman–Crippen LogP) is 14.9. The van der Waals surface area contributed by atoms with Crippen LogP contribution < -0.4 is 0 Å². The van der Waals surface area contributed by atoms with Crippen molar-refractivity contribution < 1.29 is 9.90 Å². The van der Waals surface area contributed by atoms with Crippen LogP contribution in [0.2, 0.25) is 0 Å². The third-order valence-corrected chi connectivity index (χ3v) is 10.8. The maximum absolute atomic E-state index is 14.8. The van der Waals surface area contributed by atoms with Gasteiger partial charge in [0.05, 0.1) is 0 Å². The van der Waals surface area contributed by atoms with E-state index in [1.54, 1.807) is 0 Å². The Kier molecular flexibility index (Phi) is 18.7. The average Bonchev–Trinajstić information content (AvgIpc) is 3.08. The third-order valence-electron chi connectivity index (χ3n) is 10.8. The highest BCUT2D eigenvalue weighted by atomic mass is 16.3. The van der Waals surface area contributed by atoms with Gasteiger partial charge in [-0.15, -0.1) is 0 Å². The summed E-state index contributed by atoms with van der Waals surface area (Å²) in [4.78, 5) is 14.8. The molecule has 0 aromatic heterocycles. The molecule has 0 bridgehead atoms. The Balaban J connectivity index is 2.83. The molecule has 2 rings (SSSR count). The summed E-state index contributed by atoms with van der Waals surface area (Å²) in [6.07, 6.45) is 18.9. The van der Waals surface area contributed by atoms with Crippen LogP contribution in [0.5, 0.6) is 0 Å². The SMILES string of the molecule is CCCCC(C)c1ccc(C(C)CCCC)c(/C=C(\O)C(=O)c2c(C(C)CCCC)ccc(C(C)CCCC)c2C(C)CCCC)c1. The second kappa shape index (κ2) is 21.6. The maximum atomic E-state index is 14.8. The summed E-state index contributed by atoms with van der Waals surface area (Å²) in [5.41, 5.74) is 7.96. The standard InChI is InChI=1S/C45H72O2/c1-11-16-21-32(6)37-26-27-39(33(7)22-17-12-2)38(30-37)31-42(46)45(47)44-41(35(9)24-19-14-4)29-28-40(34(8)23-18-13-3)43(44)36(10)25-20-15-5/h26-36,46H,11-25H2,1-10H3/b42-31-. The zero-order valence-electron chi connectivity index (χ0n) is 32.3. The summed E-state index contributed by atoms with van der Waals surface area (Å²) in [5.74, 6) is 1.39. The molecule has 0 radical (unpaired) electrons. The van der Waals surface area contributed by atoms with E-state index in [1.165, 1.54) is 54.4 Å². The van der Waals surface area contributed by atoms with Gasteiger partial charge in [0.25, 0.3) is 0 Å². The Morgan fingerprint density at radius 1 is 0.574 bits per heavy atom. The summed E-state index contributed by atoms with van der Waals surface area (Å²) in [6.45, 7) is 22.8. The van der Waals surface area contributed by atoms with Gasteiger partial charge in [-0.2, -0.15) is 0 Å². The molecule has 0 spiro atoms. The van der Waals surface area contributed by atoms with E-state index in [-0.39, 0.29) is 23.4 Å². The molecule has 0 aliphatic heterocycles. The lowest BCUT2D eigenvalue weighted by atomic mass is 9.76. The molecule has 0 fully saturated rings. The number of aliphatic hydroxyl groups excluding tert-OH is 1. The van der Waals surface area contributed by atoms with Crippen molar-refractivity contribution in [2.75, 3.05) is 0 Å². The summed E-state index contributed by atoms with van der Waals surface area (Å²) < 4.78 is 0. The Labute approximate surface area is 291 Å². The number of hydrogen-bond acceptors (Lipinski definition) is 2. The van der Waals surface area contributed by atoms with Crippen molar-refractivity contribution in [2.45, 2.75) is 195 Å². The van der Waals surface area contributed by atoms with E-state index in [9.17, 15) is 9.90 Å². The quantitative estimate of drug-likeness (QED) is 0.0742. The van der Waals surface area contributed by atoms with E-state index in [4.69, 9.17) is 0 Å². The zero-order chi connectivity index (χ0) is 34.9. The molecule has 0 saturated heterocycles. The van der Waals surface area contributed by atoms with Crippen LogP contribution in [0.25, 0.3) is 6.08 Å². The minimum atomic E-state index is -0.192. The largest absolute Gasteiger partial charge is 0.504 e. The molecule has 47 heavy (non-hydrogen) atoms. The number of rotatable bonds is 23. The number of hydrogen-bond donors (Lipinski definition) is 1. The van der Waals surface area contributed by atoms with Crippen molar-refractivity contribution in [3.8, 4) is 0 Å². The molecular weight excluding hydrogens is 572 g/mol. The van der Waals surface area contributed by atoms with Gasteiger partial charge < -0.3 is 5.11 Å². The highest BCUT2D eigenvalue weighted by Gasteiger charge is 2.29. The minimum absolute atomic E-state index is 0.112. The van der Waals surface area contributed by atoms with Gasteiger partial charge in [0, 0.05) is 5.56 Å². The summed E-state index contributed by atoms with van der Waals surface area (Å²) in [7, 11) is 0. The number of benzene rings is 2. The van der Waals surface area contributed by atoms with Crippen molar-refractivity contribution in [3.63, 3.8) is 0 Å². The topological polar surface area (TPSA) is 37.3 Å². The van der Waals surface area contributed by atoms with Gasteiger partial charge in [0.15, 0.2) is 5.76 Å². The van der Waals surface area contributed by atoms with Gasteiger partial charge in [-0.1, -0.05) is 164 Å². The molecule has 2 aromatic rings. The highest BCUT2D eigenvalue weighted by Crippen LogP contribution is 2.40. The van der Waals surface area contributed by atoms with Crippen LogP contribution in [0.1, 0.15) is 239 Å². The number of unbranched alkanes of at least 4 members (excludes halogenated alkanes) is 5. The number of carbonyl (C=O) groups excluding carboxylic acids is 1. The fourth-order valence-corrected chi connectivity index (χ4v) is 7.42. The first kappa shape index (κ1) is 40.8. The number of allylic oxidation sites excluding steroid dienone is 1. The van der Waals surface area contributed by atoms with E-state index < -0.39 is 0 Å². The van der Waals surface area contributed by atoms with Crippen LogP contribution in [0, 0.1) is 0 Å². The van der Waals surface area contributed by atoms with E-state index in [0.29, 0.717) is 17.8 Å². The van der Waals surface area contributed by atoms with Crippen molar-refractivity contribution >= 4 is 11.9 Å². The molecule has 0 saturated carbocycles. The van der Waals surface area contributed by atoms with Gasteiger partial charge in [-0.05, 0) is 101 Å². The fourth-order valence-electron chi connectivity index (χ4n) is 7.42. The molecule has 0 amide bonds. The minimum Gasteiger partial charge on any atom is -0.504 e. The Hall–Kier alpha value is -2.35. The number of aliphatic hydroxyl groups is 1. The number of carbonyl (C=O) groups is 1. The van der Waals surface area contributed by atoms with Crippen molar-refractivity contribution in [1.82, 2.24) is 0 Å². The smallest absolute Gasteiger partial charge is 0.227 e. The molecule has 264 valence electrons. The third kappa shape index (κ3) is 11.9. The molecule has 2 heteroatoms. The average molecular weight is 645 g/mol. The van der Waals surface area contributed by atoms with Gasteiger partial charge in [-0.25, -0.2) is 0 Å². The van der Waals surface area contributed by atoms with Crippen LogP contribution in [-0.4, -0.2) is 10.9 Å². The number of Topliss-reactive ketones (excluding diaryl/α,β-unsaturated/α-hetero) is 1. The van der Waals surface area contributed by atoms with Gasteiger partial charge >= 0.3 is 0 Å². The monoisotopic (exact) mass is 645 g/mol. The molecule has 5 atom stereocenters. The molecule has 1 N–H and O–H groups in total. The van der Waals surface area contributed by atoms with E-state index in [1.807, 2.05) is 6.08 Å². The summed E-state index contributed by atoms with van der Waals surface area (Å²) >= 11 is 0. The molecule has 0 aliphatic rings. The van der Waals surface area contributed by atoms with E-state index >= 15 is 0 Å². The van der Waals surface area contributed by atoms with E-state index in [2.05, 4.69) is 99.6 Å². The van der Waals surface area contributed by atoms with Crippen LogP contribution in [0.4, 0.5) is 0 Å². The van der Waals surface area contributed by atoms with Crippen LogP contribution in [0.3, 0.4) is 0 Å². The fraction of sp³-hybridized carbons (Fsp3) is 0.667. The molecule has 0 heterocycles. The first-order valence-electron chi connectivity index (χ1n) is 19.8. The van der Waals surface area contributed by atoms with E-state index in [0.717, 1.165) is 80.9 Å². The highest BCUT2D eigenvalue weighted by molar-refractivity contribution is 6.12. The van der Waals surface area contributed by atoms with Gasteiger partial charge in [0.1, 0.15) is 0 Å². The van der Waals surface area contributed by atoms with Crippen molar-refractivity contribution in [3.05, 3.63) is 75.0 Å². The lowest BCUT2D eigenvalue weighted by molar-refractivity contribution is 0.0977. The van der Waals surface area contributed by atoms with Crippen LogP contribution in [-0.2, 0) is 0 Å². The first-order valence-corrected chi connectivity index (χ1v) is 19.8. The maximum Gasteiger partial charge on any atom is 0.227 e. The van der Waals surface area contributed by atoms with Crippen molar-refractivity contribution in [2.24, 2.45) is 0 Å². The molecule has 0 aliphatic carbocycles. The lowest BCUT2D eigenvalue weighted by Crippen LogP contribution is -2.17. The predicted molar refractivity (Wildman–Crippen MR) is 208 cm³/mol. The van der Waals surface area contributed by atoms with Crippen LogP contribution in [0.15, 0.2) is 36.1 Å². The van der Waals surface area contributed by atoms with Crippen LogP contribution >= 0.6 is 0 Å². The molecule has 2 nitrogen and oxygen atoms in total. The number of ketones is 1. The lowest BCUT2D eigenvalue weighted by Gasteiger charge is -2.28. The molecule has 2 aromatic carbocycles. The Morgan fingerprint density at radius 3 is 1.49 bits per heavy atom. The first-order chi connectivity index (χ1) is 22.6.